The van der Waals surface area contributed by atoms with Gasteiger partial charge in [0.1, 0.15) is 19.4 Å². The van der Waals surface area contributed by atoms with Crippen LogP contribution in [-0.4, -0.2) is 32.5 Å². The van der Waals surface area contributed by atoms with Gasteiger partial charge in [0.05, 0.1) is 0 Å². The zero-order valence-corrected chi connectivity index (χ0v) is 13.5. The molecule has 88 valence electrons. The van der Waals surface area contributed by atoms with E-state index in [4.69, 9.17) is 0 Å². The SMILES string of the molecule is CC(C)=C[SiH2]NCCCN[SiH2]C=C(C)C. The Morgan fingerprint density at radius 3 is 1.60 bits per heavy atom. The van der Waals surface area contributed by atoms with E-state index in [1.807, 2.05) is 0 Å². The van der Waals surface area contributed by atoms with Gasteiger partial charge in [-0.05, 0) is 47.2 Å². The van der Waals surface area contributed by atoms with Crippen molar-refractivity contribution in [1.82, 2.24) is 9.96 Å². The van der Waals surface area contributed by atoms with Crippen molar-refractivity contribution in [2.45, 2.75) is 34.1 Å². The standard InChI is InChI=1S/C11H26N2Si2/c1-10(2)8-14-12-6-5-7-13-15-9-11(3)4/h8-9,12-13H,5-7,14-15H2,1-4H3. The van der Waals surface area contributed by atoms with Crippen molar-refractivity contribution in [3.63, 3.8) is 0 Å². The van der Waals surface area contributed by atoms with E-state index in [-0.39, 0.29) is 19.4 Å². The van der Waals surface area contributed by atoms with Crippen molar-refractivity contribution in [3.05, 3.63) is 22.5 Å². The van der Waals surface area contributed by atoms with Gasteiger partial charge in [-0.1, -0.05) is 22.5 Å². The molecule has 0 amide bonds. The Bertz CT molecular complexity index is 183. The summed E-state index contributed by atoms with van der Waals surface area (Å²) in [6, 6.07) is 0. The number of allylic oxidation sites excluding steroid dienone is 2. The minimum Gasteiger partial charge on any atom is -0.339 e. The van der Waals surface area contributed by atoms with Crippen LogP contribution in [0.25, 0.3) is 0 Å². The van der Waals surface area contributed by atoms with Gasteiger partial charge in [-0.25, -0.2) is 0 Å². The number of nitrogens with one attached hydrogen (secondary N) is 2. The highest BCUT2D eigenvalue weighted by atomic mass is 28.2. The lowest BCUT2D eigenvalue weighted by atomic mass is 10.4. The van der Waals surface area contributed by atoms with Gasteiger partial charge in [0.15, 0.2) is 0 Å². The Morgan fingerprint density at radius 2 is 1.27 bits per heavy atom. The highest BCUT2D eigenvalue weighted by Crippen LogP contribution is 1.85. The number of hydrogen-bond donors (Lipinski definition) is 2. The molecule has 0 heterocycles. The largest absolute Gasteiger partial charge is 0.339 e. The average molecular weight is 243 g/mol. The van der Waals surface area contributed by atoms with Crippen LogP contribution in [0.4, 0.5) is 0 Å². The molecule has 2 nitrogen and oxygen atoms in total. The highest BCUT2D eigenvalue weighted by molar-refractivity contribution is 6.39. The van der Waals surface area contributed by atoms with Gasteiger partial charge >= 0.3 is 0 Å². The zero-order valence-electron chi connectivity index (χ0n) is 10.7. The van der Waals surface area contributed by atoms with Crippen LogP contribution in [0.3, 0.4) is 0 Å². The first-order chi connectivity index (χ1) is 7.13. The van der Waals surface area contributed by atoms with E-state index in [9.17, 15) is 0 Å². The minimum absolute atomic E-state index is 0.129. The maximum absolute atomic E-state index is 3.54. The summed E-state index contributed by atoms with van der Waals surface area (Å²) in [5, 5.41) is 0. The molecule has 0 rings (SSSR count). The molecule has 0 radical (unpaired) electrons. The normalized spacial score (nSPS) is 11.5. The molecule has 0 aliphatic heterocycles. The first-order valence-corrected chi connectivity index (χ1v) is 8.86. The maximum atomic E-state index is 3.54. The molecule has 0 aliphatic rings. The fourth-order valence-corrected chi connectivity index (χ4v) is 3.11. The van der Waals surface area contributed by atoms with Crippen molar-refractivity contribution in [1.29, 1.82) is 0 Å². The summed E-state index contributed by atoms with van der Waals surface area (Å²) < 4.78 is 0. The third-order valence-electron chi connectivity index (χ3n) is 2.02. The van der Waals surface area contributed by atoms with Crippen LogP contribution < -0.4 is 9.96 Å². The summed E-state index contributed by atoms with van der Waals surface area (Å²) in [5.74, 6) is 0. The molecular weight excluding hydrogens is 216 g/mol. The van der Waals surface area contributed by atoms with Crippen LogP contribution in [0.5, 0.6) is 0 Å². The van der Waals surface area contributed by atoms with Crippen LogP contribution in [0.15, 0.2) is 22.5 Å². The number of hydrogen-bond acceptors (Lipinski definition) is 2. The second-order valence-electron chi connectivity index (χ2n) is 4.32. The molecule has 4 heteroatoms. The fraction of sp³-hybridized carbons (Fsp3) is 0.636. The van der Waals surface area contributed by atoms with E-state index in [0.29, 0.717) is 0 Å². The van der Waals surface area contributed by atoms with E-state index in [1.165, 1.54) is 30.7 Å². The summed E-state index contributed by atoms with van der Waals surface area (Å²) in [7, 11) is -0.258. The van der Waals surface area contributed by atoms with Gasteiger partial charge in [-0.3, -0.25) is 0 Å². The lowest BCUT2D eigenvalue weighted by Gasteiger charge is -2.02. The Morgan fingerprint density at radius 1 is 0.867 bits per heavy atom. The molecule has 0 spiro atoms. The second kappa shape index (κ2) is 10.4. The molecule has 0 unspecified atom stereocenters. The third-order valence-corrected chi connectivity index (χ3v) is 5.34. The van der Waals surface area contributed by atoms with Crippen molar-refractivity contribution >= 4 is 19.4 Å². The van der Waals surface area contributed by atoms with Crippen LogP contribution in [0, 0.1) is 0 Å². The third kappa shape index (κ3) is 13.8. The molecule has 0 aromatic carbocycles. The molecule has 0 aromatic heterocycles. The van der Waals surface area contributed by atoms with Crippen LogP contribution in [0.1, 0.15) is 34.1 Å². The summed E-state index contributed by atoms with van der Waals surface area (Å²) in [4.78, 5) is 7.08. The molecule has 2 N–H and O–H groups in total. The molecule has 0 saturated carbocycles. The molecule has 0 aromatic rings. The van der Waals surface area contributed by atoms with Gasteiger partial charge < -0.3 is 9.96 Å². The Labute approximate surface area is 99.4 Å². The Balaban J connectivity index is 3.12. The maximum Gasteiger partial charge on any atom is 0.116 e. The minimum atomic E-state index is -0.129. The molecule has 0 bridgehead atoms. The van der Waals surface area contributed by atoms with E-state index < -0.39 is 0 Å². The van der Waals surface area contributed by atoms with Crippen LogP contribution >= 0.6 is 0 Å². The molecule has 0 atom stereocenters. The summed E-state index contributed by atoms with van der Waals surface area (Å²) >= 11 is 0. The van der Waals surface area contributed by atoms with Gasteiger partial charge in [0, 0.05) is 0 Å². The molecular formula is C11H26N2Si2. The lowest BCUT2D eigenvalue weighted by Crippen LogP contribution is -2.25. The van der Waals surface area contributed by atoms with Crippen LogP contribution in [0.2, 0.25) is 0 Å². The number of rotatable bonds is 8. The van der Waals surface area contributed by atoms with Crippen molar-refractivity contribution in [3.8, 4) is 0 Å². The highest BCUT2D eigenvalue weighted by Gasteiger charge is 1.87. The fourth-order valence-electron chi connectivity index (χ4n) is 1.10. The molecule has 0 saturated heterocycles. The van der Waals surface area contributed by atoms with E-state index in [1.54, 1.807) is 0 Å². The zero-order chi connectivity index (χ0) is 11.5. The molecule has 0 fully saturated rings. The van der Waals surface area contributed by atoms with Crippen molar-refractivity contribution < 1.29 is 0 Å². The first kappa shape index (κ1) is 14.8. The van der Waals surface area contributed by atoms with Crippen molar-refractivity contribution in [2.75, 3.05) is 13.1 Å². The van der Waals surface area contributed by atoms with Crippen LogP contribution in [-0.2, 0) is 0 Å². The lowest BCUT2D eigenvalue weighted by molar-refractivity contribution is 0.764. The monoisotopic (exact) mass is 242 g/mol. The van der Waals surface area contributed by atoms with Gasteiger partial charge in [0.2, 0.25) is 0 Å². The smallest absolute Gasteiger partial charge is 0.116 e. The van der Waals surface area contributed by atoms with E-state index in [0.717, 1.165) is 0 Å². The van der Waals surface area contributed by atoms with Gasteiger partial charge in [-0.2, -0.15) is 0 Å². The predicted molar refractivity (Wildman–Crippen MR) is 76.6 cm³/mol. The summed E-state index contributed by atoms with van der Waals surface area (Å²) in [6.07, 6.45) is 1.26. The Hall–Kier alpha value is -0.166. The summed E-state index contributed by atoms with van der Waals surface area (Å²) in [5.41, 5.74) is 7.63. The van der Waals surface area contributed by atoms with E-state index in [2.05, 4.69) is 49.1 Å². The second-order valence-corrected chi connectivity index (χ2v) is 6.96. The topological polar surface area (TPSA) is 24.1 Å². The first-order valence-electron chi connectivity index (χ1n) is 5.81. The molecule has 0 aliphatic carbocycles. The Kier molecular flexibility index (Phi) is 10.2. The quantitative estimate of drug-likeness (QED) is 0.480. The average Bonchev–Trinajstić information content (AvgIpc) is 2.14. The molecule has 15 heavy (non-hydrogen) atoms. The van der Waals surface area contributed by atoms with E-state index >= 15 is 0 Å². The van der Waals surface area contributed by atoms with Crippen molar-refractivity contribution in [2.24, 2.45) is 0 Å². The van der Waals surface area contributed by atoms with Gasteiger partial charge in [-0.15, -0.1) is 0 Å². The van der Waals surface area contributed by atoms with Gasteiger partial charge in [0.25, 0.3) is 0 Å². The summed E-state index contributed by atoms with van der Waals surface area (Å²) in [6.45, 7) is 11.0. The predicted octanol–water partition coefficient (Wildman–Crippen LogP) is 0.571.